The molecule has 4 heteroatoms. The number of thiol groups is 1. The summed E-state index contributed by atoms with van der Waals surface area (Å²) in [6.45, 7) is 12.5. The fraction of sp³-hybridized carbons (Fsp3) is 1.00. The lowest BCUT2D eigenvalue weighted by atomic mass is 9.80. The van der Waals surface area contributed by atoms with Crippen LogP contribution in [0.15, 0.2) is 0 Å². The molecule has 0 aromatic heterocycles. The molecular formula is C17H34N2OS. The van der Waals surface area contributed by atoms with Crippen LogP contribution in [0, 0.1) is 5.41 Å². The highest BCUT2D eigenvalue weighted by atomic mass is 32.1. The number of morpholine rings is 1. The summed E-state index contributed by atoms with van der Waals surface area (Å²) in [7, 11) is 0. The van der Waals surface area contributed by atoms with E-state index in [4.69, 9.17) is 17.4 Å². The van der Waals surface area contributed by atoms with Gasteiger partial charge >= 0.3 is 0 Å². The van der Waals surface area contributed by atoms with Gasteiger partial charge < -0.3 is 9.64 Å². The van der Waals surface area contributed by atoms with Crippen molar-refractivity contribution in [1.82, 2.24) is 9.80 Å². The first-order chi connectivity index (χ1) is 10.2. The van der Waals surface area contributed by atoms with Crippen LogP contribution in [0.25, 0.3) is 0 Å². The van der Waals surface area contributed by atoms with Crippen LogP contribution in [0.1, 0.15) is 46.0 Å². The Morgan fingerprint density at radius 1 is 1.10 bits per heavy atom. The van der Waals surface area contributed by atoms with E-state index in [9.17, 15) is 0 Å². The molecule has 0 amide bonds. The number of rotatable bonds is 8. The maximum Gasteiger partial charge on any atom is 0.0594 e. The molecule has 0 aromatic rings. The highest BCUT2D eigenvalue weighted by molar-refractivity contribution is 7.80. The fourth-order valence-corrected chi connectivity index (χ4v) is 4.64. The van der Waals surface area contributed by atoms with Gasteiger partial charge in [-0.15, -0.1) is 0 Å². The van der Waals surface area contributed by atoms with Crippen molar-refractivity contribution in [3.8, 4) is 0 Å². The predicted octanol–water partition coefficient (Wildman–Crippen LogP) is 2.91. The zero-order chi connectivity index (χ0) is 15.1. The van der Waals surface area contributed by atoms with E-state index in [0.29, 0.717) is 5.41 Å². The van der Waals surface area contributed by atoms with Crippen LogP contribution in [0.5, 0.6) is 0 Å². The Balaban J connectivity index is 1.86. The minimum Gasteiger partial charge on any atom is -0.379 e. The molecule has 0 aromatic carbocycles. The molecule has 2 saturated heterocycles. The molecule has 0 aliphatic carbocycles. The Morgan fingerprint density at radius 3 is 2.33 bits per heavy atom. The third-order valence-electron chi connectivity index (χ3n) is 5.26. The van der Waals surface area contributed by atoms with E-state index in [0.717, 1.165) is 38.1 Å². The van der Waals surface area contributed by atoms with Gasteiger partial charge in [-0.3, -0.25) is 4.90 Å². The third kappa shape index (κ3) is 4.85. The van der Waals surface area contributed by atoms with Crippen molar-refractivity contribution in [3.63, 3.8) is 0 Å². The summed E-state index contributed by atoms with van der Waals surface area (Å²) >= 11 is 4.71. The second kappa shape index (κ2) is 8.76. The Labute approximate surface area is 136 Å². The van der Waals surface area contributed by atoms with Gasteiger partial charge in [-0.1, -0.05) is 26.7 Å². The van der Waals surface area contributed by atoms with Crippen molar-refractivity contribution in [2.45, 2.75) is 52.0 Å². The molecule has 124 valence electrons. The second-order valence-electron chi connectivity index (χ2n) is 6.98. The molecule has 2 fully saturated rings. The molecule has 0 radical (unpaired) electrons. The zero-order valence-corrected chi connectivity index (χ0v) is 14.9. The van der Waals surface area contributed by atoms with Crippen LogP contribution < -0.4 is 0 Å². The summed E-state index contributed by atoms with van der Waals surface area (Å²) in [5.41, 5.74) is 0.437. The maximum absolute atomic E-state index is 5.48. The minimum atomic E-state index is 0.437. The molecule has 0 bridgehead atoms. The van der Waals surface area contributed by atoms with Gasteiger partial charge in [0.2, 0.25) is 0 Å². The zero-order valence-electron chi connectivity index (χ0n) is 14.0. The standard InChI is InChI=1S/C17H34N2OS/c1-3-6-17(15-21,7-4-2)14-18-8-5-16(13-18)19-9-11-20-12-10-19/h16,21H,3-15H2,1-2H3. The van der Waals surface area contributed by atoms with Crippen molar-refractivity contribution in [2.75, 3.05) is 51.7 Å². The topological polar surface area (TPSA) is 15.7 Å². The molecule has 3 nitrogen and oxygen atoms in total. The summed E-state index contributed by atoms with van der Waals surface area (Å²) in [5, 5.41) is 0. The molecule has 0 spiro atoms. The van der Waals surface area contributed by atoms with E-state index in [2.05, 4.69) is 23.6 Å². The van der Waals surface area contributed by atoms with Crippen LogP contribution in [0.4, 0.5) is 0 Å². The fourth-order valence-electron chi connectivity index (χ4n) is 4.22. The van der Waals surface area contributed by atoms with E-state index in [1.807, 2.05) is 0 Å². The van der Waals surface area contributed by atoms with Crippen molar-refractivity contribution >= 4 is 12.6 Å². The number of hydrogen-bond donors (Lipinski definition) is 1. The Bertz CT molecular complexity index is 289. The molecule has 2 heterocycles. The lowest BCUT2D eigenvalue weighted by molar-refractivity contribution is 0.0175. The number of hydrogen-bond acceptors (Lipinski definition) is 4. The number of likely N-dealkylation sites (tertiary alicyclic amines) is 1. The molecule has 2 aliphatic heterocycles. The predicted molar refractivity (Wildman–Crippen MR) is 93.3 cm³/mol. The van der Waals surface area contributed by atoms with Gasteiger partial charge in [-0.2, -0.15) is 12.6 Å². The molecule has 1 unspecified atom stereocenters. The van der Waals surface area contributed by atoms with E-state index in [1.54, 1.807) is 0 Å². The monoisotopic (exact) mass is 314 g/mol. The minimum absolute atomic E-state index is 0.437. The molecule has 1 atom stereocenters. The quantitative estimate of drug-likeness (QED) is 0.694. The normalized spacial score (nSPS) is 25.6. The summed E-state index contributed by atoms with van der Waals surface area (Å²) in [5.74, 6) is 1.04. The van der Waals surface area contributed by atoms with Crippen LogP contribution in [0.3, 0.4) is 0 Å². The van der Waals surface area contributed by atoms with Crippen molar-refractivity contribution in [2.24, 2.45) is 5.41 Å². The second-order valence-corrected chi connectivity index (χ2v) is 7.30. The SMILES string of the molecule is CCCC(CS)(CCC)CN1CCC(N2CCOCC2)C1. The van der Waals surface area contributed by atoms with Crippen LogP contribution in [-0.4, -0.2) is 67.5 Å². The molecule has 2 rings (SSSR count). The third-order valence-corrected chi connectivity index (χ3v) is 5.94. The summed E-state index contributed by atoms with van der Waals surface area (Å²) < 4.78 is 5.48. The van der Waals surface area contributed by atoms with Gasteiger partial charge in [0.05, 0.1) is 13.2 Å². The van der Waals surface area contributed by atoms with Gasteiger partial charge in [-0.05, 0) is 37.0 Å². The molecule has 0 saturated carbocycles. The van der Waals surface area contributed by atoms with Gasteiger partial charge in [0, 0.05) is 32.2 Å². The largest absolute Gasteiger partial charge is 0.379 e. The summed E-state index contributed by atoms with van der Waals surface area (Å²) in [4.78, 5) is 5.35. The first-order valence-electron chi connectivity index (χ1n) is 8.88. The summed E-state index contributed by atoms with van der Waals surface area (Å²) in [6, 6.07) is 0.759. The molecule has 21 heavy (non-hydrogen) atoms. The molecule has 2 aliphatic rings. The first kappa shape index (κ1) is 17.6. The average Bonchev–Trinajstić information content (AvgIpc) is 2.97. The maximum atomic E-state index is 5.48. The van der Waals surface area contributed by atoms with Crippen LogP contribution >= 0.6 is 12.6 Å². The van der Waals surface area contributed by atoms with Gasteiger partial charge in [0.1, 0.15) is 0 Å². The number of nitrogens with zero attached hydrogens (tertiary/aromatic N) is 2. The number of ether oxygens (including phenoxy) is 1. The smallest absolute Gasteiger partial charge is 0.0594 e. The van der Waals surface area contributed by atoms with E-state index >= 15 is 0 Å². The Morgan fingerprint density at radius 2 is 1.76 bits per heavy atom. The first-order valence-corrected chi connectivity index (χ1v) is 9.51. The molecule has 0 N–H and O–H groups in total. The Kier molecular flexibility index (Phi) is 7.33. The van der Waals surface area contributed by atoms with E-state index in [-0.39, 0.29) is 0 Å². The highest BCUT2D eigenvalue weighted by Crippen LogP contribution is 2.34. The van der Waals surface area contributed by atoms with Gasteiger partial charge in [0.25, 0.3) is 0 Å². The van der Waals surface area contributed by atoms with Gasteiger partial charge in [0.15, 0.2) is 0 Å². The highest BCUT2D eigenvalue weighted by Gasteiger charge is 2.34. The van der Waals surface area contributed by atoms with E-state index < -0.39 is 0 Å². The van der Waals surface area contributed by atoms with Crippen molar-refractivity contribution < 1.29 is 4.74 Å². The lowest BCUT2D eigenvalue weighted by Gasteiger charge is -2.37. The van der Waals surface area contributed by atoms with E-state index in [1.165, 1.54) is 51.7 Å². The summed E-state index contributed by atoms with van der Waals surface area (Å²) in [6.07, 6.45) is 6.54. The van der Waals surface area contributed by atoms with Crippen molar-refractivity contribution in [3.05, 3.63) is 0 Å². The van der Waals surface area contributed by atoms with Crippen molar-refractivity contribution in [1.29, 1.82) is 0 Å². The Hall–Kier alpha value is 0.230. The van der Waals surface area contributed by atoms with Crippen LogP contribution in [-0.2, 0) is 4.74 Å². The molecular weight excluding hydrogens is 280 g/mol. The van der Waals surface area contributed by atoms with Crippen LogP contribution in [0.2, 0.25) is 0 Å². The lowest BCUT2D eigenvalue weighted by Crippen LogP contribution is -2.45. The average molecular weight is 315 g/mol. The van der Waals surface area contributed by atoms with Gasteiger partial charge in [-0.25, -0.2) is 0 Å².